The molecule has 5 nitrogen and oxygen atoms in total. The molecule has 0 atom stereocenters. The lowest BCUT2D eigenvalue weighted by Crippen LogP contribution is -2.46. The van der Waals surface area contributed by atoms with E-state index in [0.29, 0.717) is 19.8 Å². The molecule has 6 heteroatoms. The van der Waals surface area contributed by atoms with Gasteiger partial charge in [0.15, 0.2) is 0 Å². The Hall–Kier alpha value is 0.0169. The van der Waals surface area contributed by atoms with Crippen LogP contribution < -0.4 is 5.32 Å². The standard InChI is InChI=1S/C13H31NO4Si/c1-4-16-19(17-5-2,18-6-3)13-9-11-14-10-7-8-12-15/h14-15H,4-13H2,1-3H3. The van der Waals surface area contributed by atoms with Crippen molar-refractivity contribution >= 4 is 8.80 Å². The Kier molecular flexibility index (Phi) is 13.0. The molecular weight excluding hydrogens is 262 g/mol. The lowest BCUT2D eigenvalue weighted by Gasteiger charge is -2.28. The molecule has 0 aromatic carbocycles. The first-order valence-corrected chi connectivity index (χ1v) is 9.41. The van der Waals surface area contributed by atoms with Crippen LogP contribution in [0.4, 0.5) is 0 Å². The number of hydrogen-bond donors (Lipinski definition) is 2. The molecule has 0 rings (SSSR count). The van der Waals surface area contributed by atoms with Crippen LogP contribution in [-0.4, -0.2) is 53.4 Å². The number of rotatable bonds is 14. The van der Waals surface area contributed by atoms with E-state index in [1.807, 2.05) is 20.8 Å². The summed E-state index contributed by atoms with van der Waals surface area (Å²) in [6, 6.07) is 0.857. The van der Waals surface area contributed by atoms with Gasteiger partial charge in [-0.1, -0.05) is 0 Å². The second-order valence-electron chi connectivity index (χ2n) is 4.27. The third-order valence-corrected chi connectivity index (χ3v) is 5.84. The summed E-state index contributed by atoms with van der Waals surface area (Å²) in [5, 5.41) is 12.0. The van der Waals surface area contributed by atoms with Crippen LogP contribution >= 0.6 is 0 Å². The molecule has 0 bridgehead atoms. The minimum atomic E-state index is -2.45. The van der Waals surface area contributed by atoms with E-state index in [0.717, 1.165) is 38.4 Å². The molecule has 19 heavy (non-hydrogen) atoms. The summed E-state index contributed by atoms with van der Waals surface area (Å²) in [6.07, 6.45) is 2.87. The Morgan fingerprint density at radius 3 is 1.84 bits per heavy atom. The molecule has 2 N–H and O–H groups in total. The maximum Gasteiger partial charge on any atom is 0.500 e. The lowest BCUT2D eigenvalue weighted by atomic mass is 10.3. The van der Waals surface area contributed by atoms with E-state index in [4.69, 9.17) is 18.4 Å². The summed E-state index contributed by atoms with van der Waals surface area (Å²) in [5.41, 5.74) is 0. The van der Waals surface area contributed by atoms with Crippen LogP contribution in [0.15, 0.2) is 0 Å². The zero-order valence-corrected chi connectivity index (χ0v) is 13.7. The van der Waals surface area contributed by atoms with Crippen molar-refractivity contribution in [3.8, 4) is 0 Å². The molecule has 0 aromatic rings. The number of unbranched alkanes of at least 4 members (excludes halogenated alkanes) is 1. The molecule has 0 saturated heterocycles. The zero-order chi connectivity index (χ0) is 14.4. The highest BCUT2D eigenvalue weighted by Gasteiger charge is 2.39. The number of aliphatic hydroxyl groups excluding tert-OH is 1. The second kappa shape index (κ2) is 13.0. The topological polar surface area (TPSA) is 60.0 Å². The van der Waals surface area contributed by atoms with E-state index in [2.05, 4.69) is 5.32 Å². The van der Waals surface area contributed by atoms with E-state index in [-0.39, 0.29) is 6.61 Å². The van der Waals surface area contributed by atoms with Crippen LogP contribution in [0, 0.1) is 0 Å². The highest BCUT2D eigenvalue weighted by atomic mass is 28.4. The van der Waals surface area contributed by atoms with Crippen molar-refractivity contribution in [3.05, 3.63) is 0 Å². The van der Waals surface area contributed by atoms with E-state index < -0.39 is 8.80 Å². The quantitative estimate of drug-likeness (QED) is 0.378. The predicted molar refractivity (Wildman–Crippen MR) is 79.2 cm³/mol. The fraction of sp³-hybridized carbons (Fsp3) is 1.00. The number of nitrogens with one attached hydrogen (secondary N) is 1. The minimum Gasteiger partial charge on any atom is -0.396 e. The Bertz CT molecular complexity index is 178. The highest BCUT2D eigenvalue weighted by molar-refractivity contribution is 6.60. The van der Waals surface area contributed by atoms with Crippen LogP contribution in [0.3, 0.4) is 0 Å². The largest absolute Gasteiger partial charge is 0.500 e. The Morgan fingerprint density at radius 2 is 1.37 bits per heavy atom. The fourth-order valence-electron chi connectivity index (χ4n) is 1.92. The molecule has 0 aliphatic carbocycles. The Morgan fingerprint density at radius 1 is 0.842 bits per heavy atom. The van der Waals surface area contributed by atoms with Crippen molar-refractivity contribution in [1.82, 2.24) is 5.32 Å². The predicted octanol–water partition coefficient (Wildman–Crippen LogP) is 1.79. The number of aliphatic hydroxyl groups is 1. The van der Waals surface area contributed by atoms with E-state index in [1.54, 1.807) is 0 Å². The van der Waals surface area contributed by atoms with Crippen molar-refractivity contribution in [3.63, 3.8) is 0 Å². The molecule has 0 unspecified atom stereocenters. The monoisotopic (exact) mass is 293 g/mol. The molecule has 0 amide bonds. The van der Waals surface area contributed by atoms with Gasteiger partial charge in [-0.25, -0.2) is 0 Å². The van der Waals surface area contributed by atoms with Crippen molar-refractivity contribution in [2.75, 3.05) is 39.5 Å². The molecule has 0 aliphatic rings. The first-order chi connectivity index (χ1) is 9.24. The zero-order valence-electron chi connectivity index (χ0n) is 12.7. The molecular formula is C13H31NO4Si. The first kappa shape index (κ1) is 19.0. The molecule has 0 saturated carbocycles. The molecule has 0 heterocycles. The molecule has 0 aromatic heterocycles. The Balaban J connectivity index is 3.89. The molecule has 0 fully saturated rings. The van der Waals surface area contributed by atoms with Gasteiger partial charge in [0.05, 0.1) is 0 Å². The van der Waals surface area contributed by atoms with Crippen molar-refractivity contribution < 1.29 is 18.4 Å². The van der Waals surface area contributed by atoms with Crippen LogP contribution in [0.5, 0.6) is 0 Å². The van der Waals surface area contributed by atoms with Crippen LogP contribution in [0.1, 0.15) is 40.0 Å². The molecule has 0 spiro atoms. The first-order valence-electron chi connectivity index (χ1n) is 7.48. The van der Waals surface area contributed by atoms with Crippen LogP contribution in [0.2, 0.25) is 6.04 Å². The van der Waals surface area contributed by atoms with Crippen molar-refractivity contribution in [2.24, 2.45) is 0 Å². The fourth-order valence-corrected chi connectivity index (χ4v) is 4.53. The Labute approximate surface area is 119 Å². The number of hydrogen-bond acceptors (Lipinski definition) is 5. The van der Waals surface area contributed by atoms with Gasteiger partial charge in [0.2, 0.25) is 0 Å². The van der Waals surface area contributed by atoms with Gasteiger partial charge in [-0.05, 0) is 53.1 Å². The van der Waals surface area contributed by atoms with Crippen LogP contribution in [-0.2, 0) is 13.3 Å². The molecule has 0 aliphatic heterocycles. The van der Waals surface area contributed by atoms with Crippen LogP contribution in [0.25, 0.3) is 0 Å². The van der Waals surface area contributed by atoms with Gasteiger partial charge in [0.1, 0.15) is 0 Å². The highest BCUT2D eigenvalue weighted by Crippen LogP contribution is 2.17. The second-order valence-corrected chi connectivity index (χ2v) is 7.00. The summed E-state index contributed by atoms with van der Waals surface area (Å²) in [4.78, 5) is 0. The lowest BCUT2D eigenvalue weighted by molar-refractivity contribution is 0.0708. The maximum atomic E-state index is 8.68. The van der Waals surface area contributed by atoms with E-state index in [1.165, 1.54) is 0 Å². The van der Waals surface area contributed by atoms with Gasteiger partial charge in [-0.15, -0.1) is 0 Å². The minimum absolute atomic E-state index is 0.275. The third-order valence-electron chi connectivity index (χ3n) is 2.69. The molecule has 116 valence electrons. The normalized spacial score (nSPS) is 12.0. The van der Waals surface area contributed by atoms with Crippen molar-refractivity contribution in [1.29, 1.82) is 0 Å². The average Bonchev–Trinajstić information content (AvgIpc) is 2.39. The van der Waals surface area contributed by atoms with E-state index in [9.17, 15) is 0 Å². The van der Waals surface area contributed by atoms with Crippen molar-refractivity contribution in [2.45, 2.75) is 46.1 Å². The smallest absolute Gasteiger partial charge is 0.396 e. The summed E-state index contributed by atoms with van der Waals surface area (Å²) < 4.78 is 17.4. The van der Waals surface area contributed by atoms with Gasteiger partial charge in [0.25, 0.3) is 0 Å². The maximum absolute atomic E-state index is 8.68. The summed E-state index contributed by atoms with van der Waals surface area (Å²) in [5.74, 6) is 0. The summed E-state index contributed by atoms with van der Waals surface area (Å²) >= 11 is 0. The SMILES string of the molecule is CCO[Si](CCCNCCCCO)(OCC)OCC. The van der Waals surface area contributed by atoms with Gasteiger partial charge >= 0.3 is 8.80 Å². The van der Waals surface area contributed by atoms with Gasteiger partial charge in [-0.2, -0.15) is 0 Å². The molecule has 0 radical (unpaired) electrons. The van der Waals surface area contributed by atoms with Gasteiger partial charge in [0, 0.05) is 32.5 Å². The summed E-state index contributed by atoms with van der Waals surface area (Å²) in [7, 11) is -2.45. The van der Waals surface area contributed by atoms with Gasteiger partial charge < -0.3 is 23.7 Å². The average molecular weight is 293 g/mol. The summed E-state index contributed by atoms with van der Waals surface area (Å²) in [6.45, 7) is 10.0. The third kappa shape index (κ3) is 9.54. The van der Waals surface area contributed by atoms with E-state index >= 15 is 0 Å². The van der Waals surface area contributed by atoms with Gasteiger partial charge in [-0.3, -0.25) is 0 Å².